The van der Waals surface area contributed by atoms with Gasteiger partial charge < -0.3 is 14.7 Å². The number of nitrogens with zero attached hydrogens (tertiary/aromatic N) is 2. The monoisotopic (exact) mass is 390 g/mol. The van der Waals surface area contributed by atoms with Gasteiger partial charge in [-0.1, -0.05) is 0 Å². The minimum absolute atomic E-state index is 0.0178. The fourth-order valence-electron chi connectivity index (χ4n) is 2.55. The van der Waals surface area contributed by atoms with Crippen LogP contribution >= 0.6 is 11.3 Å². The average molecular weight is 390 g/mol. The number of hydrogen-bond donors (Lipinski definition) is 1. The SMILES string of the molecule is COCCCCC(=O)N1CCN(S(=O)(=O)c2cc(C(=O)O)cs2)CC1. The maximum absolute atomic E-state index is 12.6. The summed E-state index contributed by atoms with van der Waals surface area (Å²) in [5.74, 6) is -1.13. The minimum Gasteiger partial charge on any atom is -0.478 e. The molecule has 0 spiro atoms. The number of aromatic carboxylic acids is 1. The highest BCUT2D eigenvalue weighted by Gasteiger charge is 2.31. The Morgan fingerprint density at radius 1 is 1.24 bits per heavy atom. The molecule has 0 atom stereocenters. The summed E-state index contributed by atoms with van der Waals surface area (Å²) in [6.07, 6.45) is 2.00. The van der Waals surface area contributed by atoms with E-state index in [9.17, 15) is 18.0 Å². The lowest BCUT2D eigenvalue weighted by molar-refractivity contribution is -0.132. The maximum atomic E-state index is 12.6. The van der Waals surface area contributed by atoms with Crippen LogP contribution in [0, 0.1) is 0 Å². The molecule has 1 fully saturated rings. The number of methoxy groups -OCH3 is 1. The van der Waals surface area contributed by atoms with Gasteiger partial charge in [-0.05, 0) is 18.9 Å². The summed E-state index contributed by atoms with van der Waals surface area (Å²) >= 11 is 0.898. The molecule has 10 heteroatoms. The lowest BCUT2D eigenvalue weighted by Gasteiger charge is -2.33. The van der Waals surface area contributed by atoms with E-state index in [2.05, 4.69) is 0 Å². The maximum Gasteiger partial charge on any atom is 0.336 e. The Balaban J connectivity index is 1.90. The third-order valence-corrected chi connectivity index (χ3v) is 7.31. The Morgan fingerprint density at radius 3 is 2.48 bits per heavy atom. The van der Waals surface area contributed by atoms with Crippen LogP contribution in [0.3, 0.4) is 0 Å². The molecule has 0 unspecified atom stereocenters. The number of thiophene rings is 1. The van der Waals surface area contributed by atoms with Gasteiger partial charge in [-0.3, -0.25) is 4.79 Å². The fraction of sp³-hybridized carbons (Fsp3) is 0.600. The molecular weight excluding hydrogens is 368 g/mol. The van der Waals surface area contributed by atoms with Crippen LogP contribution in [0.15, 0.2) is 15.7 Å². The predicted octanol–water partition coefficient (Wildman–Crippen LogP) is 1.10. The molecule has 1 aromatic rings. The summed E-state index contributed by atoms with van der Waals surface area (Å²) in [5.41, 5.74) is -0.0338. The van der Waals surface area contributed by atoms with E-state index in [1.807, 2.05) is 0 Å². The summed E-state index contributed by atoms with van der Waals surface area (Å²) in [6, 6.07) is 1.18. The second kappa shape index (κ2) is 8.75. The highest BCUT2D eigenvalue weighted by molar-refractivity contribution is 7.91. The van der Waals surface area contributed by atoms with Crippen molar-refractivity contribution in [1.29, 1.82) is 0 Å². The lowest BCUT2D eigenvalue weighted by atomic mass is 10.2. The van der Waals surface area contributed by atoms with Crippen LogP contribution in [0.25, 0.3) is 0 Å². The number of piperazine rings is 1. The first kappa shape index (κ1) is 19.8. The summed E-state index contributed by atoms with van der Waals surface area (Å²) < 4.78 is 31.4. The number of carbonyl (C=O) groups is 2. The first-order valence-corrected chi connectivity index (χ1v) is 10.3. The molecule has 1 N–H and O–H groups in total. The highest BCUT2D eigenvalue weighted by atomic mass is 32.2. The number of sulfonamides is 1. The number of hydrogen-bond acceptors (Lipinski definition) is 6. The van der Waals surface area contributed by atoms with Crippen LogP contribution in [0.4, 0.5) is 0 Å². The van der Waals surface area contributed by atoms with Gasteiger partial charge in [0.2, 0.25) is 5.91 Å². The van der Waals surface area contributed by atoms with Crippen molar-refractivity contribution in [1.82, 2.24) is 9.21 Å². The zero-order valence-electron chi connectivity index (χ0n) is 14.0. The molecule has 140 valence electrons. The van der Waals surface area contributed by atoms with Crippen molar-refractivity contribution in [2.24, 2.45) is 0 Å². The van der Waals surface area contributed by atoms with Gasteiger partial charge in [-0.2, -0.15) is 4.31 Å². The van der Waals surface area contributed by atoms with Gasteiger partial charge in [0.25, 0.3) is 10.0 Å². The zero-order chi connectivity index (χ0) is 18.4. The second-order valence-electron chi connectivity index (χ2n) is 5.69. The summed E-state index contributed by atoms with van der Waals surface area (Å²) in [7, 11) is -2.09. The quantitative estimate of drug-likeness (QED) is 0.667. The van der Waals surface area contributed by atoms with Gasteiger partial charge in [0.05, 0.1) is 5.56 Å². The van der Waals surface area contributed by atoms with Gasteiger partial charge in [0, 0.05) is 51.7 Å². The third kappa shape index (κ3) is 5.00. The Morgan fingerprint density at radius 2 is 1.92 bits per heavy atom. The second-order valence-corrected chi connectivity index (χ2v) is 8.77. The van der Waals surface area contributed by atoms with E-state index in [0.717, 1.165) is 24.2 Å². The highest BCUT2D eigenvalue weighted by Crippen LogP contribution is 2.25. The standard InChI is InChI=1S/C15H22N2O6S2/c1-23-9-3-2-4-13(18)16-5-7-17(8-6-16)25(21,22)14-10-12(11-24-14)15(19)20/h10-11H,2-9H2,1H3,(H,19,20). The van der Waals surface area contributed by atoms with Crippen molar-refractivity contribution >= 4 is 33.2 Å². The van der Waals surface area contributed by atoms with Gasteiger partial charge >= 0.3 is 5.97 Å². The van der Waals surface area contributed by atoms with Gasteiger partial charge in [0.1, 0.15) is 4.21 Å². The number of ether oxygens (including phenoxy) is 1. The number of carboxylic acids is 1. The molecular formula is C15H22N2O6S2. The Hall–Kier alpha value is -1.49. The van der Waals surface area contributed by atoms with Gasteiger partial charge in [0.15, 0.2) is 0 Å². The lowest BCUT2D eigenvalue weighted by Crippen LogP contribution is -2.50. The van der Waals surface area contributed by atoms with Crippen molar-refractivity contribution in [2.75, 3.05) is 39.9 Å². The smallest absolute Gasteiger partial charge is 0.336 e. The molecule has 8 nitrogen and oxygen atoms in total. The molecule has 0 bridgehead atoms. The van der Waals surface area contributed by atoms with Crippen molar-refractivity contribution in [3.05, 3.63) is 17.0 Å². The molecule has 1 saturated heterocycles. The van der Waals surface area contributed by atoms with E-state index in [-0.39, 0.29) is 28.8 Å². The van der Waals surface area contributed by atoms with Crippen LogP contribution in [-0.2, 0) is 19.6 Å². The normalized spacial score (nSPS) is 16.1. The zero-order valence-corrected chi connectivity index (χ0v) is 15.6. The molecule has 0 aliphatic carbocycles. The van der Waals surface area contributed by atoms with E-state index in [4.69, 9.17) is 9.84 Å². The number of carbonyl (C=O) groups excluding carboxylic acids is 1. The minimum atomic E-state index is -3.71. The number of unbranched alkanes of at least 4 members (excludes halogenated alkanes) is 1. The largest absolute Gasteiger partial charge is 0.478 e. The van der Waals surface area contributed by atoms with Crippen LogP contribution in [0.2, 0.25) is 0 Å². The molecule has 2 heterocycles. The Kier molecular flexibility index (Phi) is 6.94. The predicted molar refractivity (Wildman–Crippen MR) is 92.3 cm³/mol. The van der Waals surface area contributed by atoms with Crippen LogP contribution in [-0.4, -0.2) is 74.5 Å². The van der Waals surface area contributed by atoms with Gasteiger partial charge in [-0.15, -0.1) is 11.3 Å². The molecule has 1 aromatic heterocycles. The Bertz CT molecular complexity index is 707. The summed E-state index contributed by atoms with van der Waals surface area (Å²) in [5, 5.41) is 10.2. The molecule has 25 heavy (non-hydrogen) atoms. The van der Waals surface area contributed by atoms with Crippen molar-refractivity contribution in [3.8, 4) is 0 Å². The fourth-order valence-corrected chi connectivity index (χ4v) is 5.28. The number of carboxylic acid groups (broad SMARTS) is 1. The first-order chi connectivity index (χ1) is 11.9. The first-order valence-electron chi connectivity index (χ1n) is 7.95. The summed E-state index contributed by atoms with van der Waals surface area (Å²) in [4.78, 5) is 24.7. The topological polar surface area (TPSA) is 104 Å². The van der Waals surface area contributed by atoms with Crippen molar-refractivity contribution < 1.29 is 27.9 Å². The van der Waals surface area contributed by atoms with E-state index in [1.165, 1.54) is 15.8 Å². The van der Waals surface area contributed by atoms with E-state index < -0.39 is 16.0 Å². The third-order valence-electron chi connectivity index (χ3n) is 4.00. The van der Waals surface area contributed by atoms with Crippen LogP contribution in [0.1, 0.15) is 29.6 Å². The molecule has 2 rings (SSSR count). The van der Waals surface area contributed by atoms with E-state index in [1.54, 1.807) is 12.0 Å². The van der Waals surface area contributed by atoms with Crippen molar-refractivity contribution in [2.45, 2.75) is 23.5 Å². The molecule has 0 radical (unpaired) electrons. The van der Waals surface area contributed by atoms with E-state index in [0.29, 0.717) is 26.1 Å². The molecule has 1 aliphatic rings. The van der Waals surface area contributed by atoms with Crippen molar-refractivity contribution in [3.63, 3.8) is 0 Å². The molecule has 0 aromatic carbocycles. The number of amides is 1. The van der Waals surface area contributed by atoms with Crippen LogP contribution < -0.4 is 0 Å². The number of rotatable bonds is 8. The average Bonchev–Trinajstić information content (AvgIpc) is 3.10. The van der Waals surface area contributed by atoms with E-state index >= 15 is 0 Å². The molecule has 1 amide bonds. The molecule has 1 aliphatic heterocycles. The summed E-state index contributed by atoms with van der Waals surface area (Å²) in [6.45, 7) is 1.75. The van der Waals surface area contributed by atoms with Gasteiger partial charge in [-0.25, -0.2) is 13.2 Å². The van der Waals surface area contributed by atoms with Crippen LogP contribution in [0.5, 0.6) is 0 Å². The Labute approximate surface area is 151 Å². The molecule has 0 saturated carbocycles.